The van der Waals surface area contributed by atoms with Gasteiger partial charge in [0.1, 0.15) is 0 Å². The fourth-order valence-electron chi connectivity index (χ4n) is 1.28. The van der Waals surface area contributed by atoms with Gasteiger partial charge in [-0.15, -0.1) is 0 Å². The van der Waals surface area contributed by atoms with Crippen molar-refractivity contribution < 1.29 is 9.53 Å². The molecule has 0 heterocycles. The van der Waals surface area contributed by atoms with Crippen molar-refractivity contribution in [2.24, 2.45) is 0 Å². The van der Waals surface area contributed by atoms with Gasteiger partial charge in [0.25, 0.3) is 0 Å². The first-order valence-electron chi connectivity index (χ1n) is 4.68. The largest absolute Gasteiger partial charge is 0.469 e. The van der Waals surface area contributed by atoms with E-state index in [4.69, 9.17) is 23.2 Å². The molecule has 88 valence electrons. The molecule has 0 saturated heterocycles. The molecular formula is C11H11BrCl2O2. The average molecular weight is 326 g/mol. The third kappa shape index (κ3) is 3.65. The Morgan fingerprint density at radius 2 is 1.94 bits per heavy atom. The minimum Gasteiger partial charge on any atom is -0.469 e. The fourth-order valence-corrected chi connectivity index (χ4v) is 2.87. The normalized spacial score (nSPS) is 10.2. The summed E-state index contributed by atoms with van der Waals surface area (Å²) in [5, 5.41) is 1.84. The van der Waals surface area contributed by atoms with Gasteiger partial charge >= 0.3 is 5.97 Å². The number of hydrogen-bond donors (Lipinski definition) is 0. The van der Waals surface area contributed by atoms with Crippen LogP contribution in [0.1, 0.15) is 17.5 Å². The van der Waals surface area contributed by atoms with Gasteiger partial charge in [-0.3, -0.25) is 4.79 Å². The summed E-state index contributed by atoms with van der Waals surface area (Å²) in [4.78, 5) is 11.0. The van der Waals surface area contributed by atoms with Crippen molar-refractivity contribution in [1.29, 1.82) is 0 Å². The summed E-state index contributed by atoms with van der Waals surface area (Å²) in [6, 6.07) is 3.65. The Morgan fingerprint density at radius 3 is 2.38 bits per heavy atom. The summed E-state index contributed by atoms with van der Waals surface area (Å²) in [5.41, 5.74) is 1.80. The van der Waals surface area contributed by atoms with Crippen molar-refractivity contribution in [3.63, 3.8) is 0 Å². The van der Waals surface area contributed by atoms with E-state index in [1.54, 1.807) is 0 Å². The lowest BCUT2D eigenvalue weighted by molar-refractivity contribution is -0.140. The molecule has 1 aromatic rings. The average Bonchev–Trinajstić information content (AvgIpc) is 2.25. The first-order valence-corrected chi connectivity index (χ1v) is 6.55. The summed E-state index contributed by atoms with van der Waals surface area (Å²) in [6.45, 7) is 0. The van der Waals surface area contributed by atoms with Gasteiger partial charge in [0.05, 0.1) is 7.11 Å². The Kier molecular flexibility index (Phi) is 5.59. The molecule has 1 rings (SSSR count). The number of hydrogen-bond acceptors (Lipinski definition) is 2. The van der Waals surface area contributed by atoms with Gasteiger partial charge < -0.3 is 4.74 Å². The number of aryl methyl sites for hydroxylation is 1. The predicted molar refractivity (Wildman–Crippen MR) is 69.4 cm³/mol. The third-order valence-electron chi connectivity index (χ3n) is 2.18. The van der Waals surface area contributed by atoms with E-state index in [2.05, 4.69) is 20.7 Å². The summed E-state index contributed by atoms with van der Waals surface area (Å²) >= 11 is 15.4. The van der Waals surface area contributed by atoms with E-state index < -0.39 is 0 Å². The third-order valence-corrected chi connectivity index (χ3v) is 3.42. The second-order valence-corrected chi connectivity index (χ2v) is 4.62. The van der Waals surface area contributed by atoms with E-state index in [1.807, 2.05) is 12.1 Å². The SMILES string of the molecule is COC(=O)CCc1cc(Cl)c(CBr)c(Cl)c1. The van der Waals surface area contributed by atoms with Crippen LogP contribution in [0.25, 0.3) is 0 Å². The Morgan fingerprint density at radius 1 is 1.38 bits per heavy atom. The van der Waals surface area contributed by atoms with Crippen molar-refractivity contribution in [3.05, 3.63) is 33.3 Å². The number of carbonyl (C=O) groups is 1. The van der Waals surface area contributed by atoms with Gasteiger partial charge in [-0.2, -0.15) is 0 Å². The van der Waals surface area contributed by atoms with Gasteiger partial charge in [0, 0.05) is 21.8 Å². The standard InChI is InChI=1S/C11H11BrCl2O2/c1-16-11(15)3-2-7-4-9(13)8(6-12)10(14)5-7/h4-5H,2-3,6H2,1H3. The summed E-state index contributed by atoms with van der Waals surface area (Å²) < 4.78 is 4.56. The molecule has 2 nitrogen and oxygen atoms in total. The number of carbonyl (C=O) groups excluding carboxylic acids is 1. The molecule has 0 amide bonds. The van der Waals surface area contributed by atoms with Gasteiger partial charge in [-0.25, -0.2) is 0 Å². The lowest BCUT2D eigenvalue weighted by Crippen LogP contribution is -2.02. The van der Waals surface area contributed by atoms with Gasteiger partial charge in [0.2, 0.25) is 0 Å². The molecular weight excluding hydrogens is 315 g/mol. The Balaban J connectivity index is 2.79. The Hall–Kier alpha value is -0.250. The molecule has 0 aliphatic rings. The number of benzene rings is 1. The van der Waals surface area contributed by atoms with Crippen LogP contribution >= 0.6 is 39.1 Å². The monoisotopic (exact) mass is 324 g/mol. The van der Waals surface area contributed by atoms with E-state index in [-0.39, 0.29) is 5.97 Å². The van der Waals surface area contributed by atoms with E-state index in [9.17, 15) is 4.79 Å². The Labute approximate surface area is 113 Å². The minimum atomic E-state index is -0.239. The minimum absolute atomic E-state index is 0.239. The molecule has 0 N–H and O–H groups in total. The van der Waals surface area contributed by atoms with Crippen LogP contribution in [-0.4, -0.2) is 13.1 Å². The molecule has 0 atom stereocenters. The number of alkyl halides is 1. The fraction of sp³-hybridized carbons (Fsp3) is 0.364. The smallest absolute Gasteiger partial charge is 0.305 e. The quantitative estimate of drug-likeness (QED) is 0.618. The van der Waals surface area contributed by atoms with E-state index >= 15 is 0 Å². The van der Waals surface area contributed by atoms with Crippen LogP contribution in [0.3, 0.4) is 0 Å². The first-order chi connectivity index (χ1) is 7.58. The first kappa shape index (κ1) is 13.8. The van der Waals surface area contributed by atoms with E-state index in [1.165, 1.54) is 7.11 Å². The lowest BCUT2D eigenvalue weighted by atomic mass is 10.1. The summed E-state index contributed by atoms with van der Waals surface area (Å²) in [5.74, 6) is -0.239. The maximum atomic E-state index is 11.0. The molecule has 0 aliphatic heterocycles. The number of rotatable bonds is 4. The lowest BCUT2D eigenvalue weighted by Gasteiger charge is -2.07. The second kappa shape index (κ2) is 6.48. The van der Waals surface area contributed by atoms with Crippen LogP contribution in [0, 0.1) is 0 Å². The highest BCUT2D eigenvalue weighted by molar-refractivity contribution is 9.08. The second-order valence-electron chi connectivity index (χ2n) is 3.25. The number of halogens is 3. The van der Waals surface area contributed by atoms with Crippen molar-refractivity contribution in [2.75, 3.05) is 7.11 Å². The zero-order chi connectivity index (χ0) is 12.1. The molecule has 0 aromatic heterocycles. The van der Waals surface area contributed by atoms with Crippen LogP contribution in [0.5, 0.6) is 0 Å². The zero-order valence-corrected chi connectivity index (χ0v) is 11.8. The summed E-state index contributed by atoms with van der Waals surface area (Å²) in [7, 11) is 1.37. The van der Waals surface area contributed by atoms with Crippen LogP contribution in [0.15, 0.2) is 12.1 Å². The van der Waals surface area contributed by atoms with Crippen molar-refractivity contribution in [2.45, 2.75) is 18.2 Å². The molecule has 0 fully saturated rings. The molecule has 0 aliphatic carbocycles. The van der Waals surface area contributed by atoms with Crippen LogP contribution in [-0.2, 0) is 21.3 Å². The zero-order valence-electron chi connectivity index (χ0n) is 8.73. The van der Waals surface area contributed by atoms with Crippen molar-refractivity contribution in [3.8, 4) is 0 Å². The maximum absolute atomic E-state index is 11.0. The van der Waals surface area contributed by atoms with Crippen molar-refractivity contribution >= 4 is 45.1 Å². The maximum Gasteiger partial charge on any atom is 0.305 e. The van der Waals surface area contributed by atoms with E-state index in [0.29, 0.717) is 28.2 Å². The van der Waals surface area contributed by atoms with Crippen LogP contribution in [0.2, 0.25) is 10.0 Å². The molecule has 0 spiro atoms. The summed E-state index contributed by atoms with van der Waals surface area (Å²) in [6.07, 6.45) is 0.908. The van der Waals surface area contributed by atoms with E-state index in [0.717, 1.165) is 11.1 Å². The molecule has 0 unspecified atom stereocenters. The highest BCUT2D eigenvalue weighted by atomic mass is 79.9. The number of esters is 1. The predicted octanol–water partition coefficient (Wildman–Crippen LogP) is 3.99. The van der Waals surface area contributed by atoms with Gasteiger partial charge in [-0.1, -0.05) is 39.1 Å². The van der Waals surface area contributed by atoms with Gasteiger partial charge in [0.15, 0.2) is 0 Å². The highest BCUT2D eigenvalue weighted by Gasteiger charge is 2.08. The van der Waals surface area contributed by atoms with Crippen LogP contribution in [0.4, 0.5) is 0 Å². The highest BCUT2D eigenvalue weighted by Crippen LogP contribution is 2.29. The topological polar surface area (TPSA) is 26.3 Å². The molecule has 0 bridgehead atoms. The van der Waals surface area contributed by atoms with Crippen molar-refractivity contribution in [1.82, 2.24) is 0 Å². The number of ether oxygens (including phenoxy) is 1. The Bertz CT molecular complexity index is 371. The molecule has 0 radical (unpaired) electrons. The number of methoxy groups -OCH3 is 1. The molecule has 0 saturated carbocycles. The molecule has 1 aromatic carbocycles. The molecule has 5 heteroatoms. The van der Waals surface area contributed by atoms with Crippen LogP contribution < -0.4 is 0 Å². The van der Waals surface area contributed by atoms with Gasteiger partial charge in [-0.05, 0) is 29.7 Å². The molecule has 16 heavy (non-hydrogen) atoms.